The number of hydrogen-bond acceptors (Lipinski definition) is 6. The van der Waals surface area contributed by atoms with Crippen LogP contribution in [0.2, 0.25) is 0 Å². The average molecular weight is 610 g/mol. The molecule has 0 N–H and O–H groups in total. The number of aliphatic imine (C=N–C) groups is 1. The normalized spacial score (nSPS) is 14.6. The maximum atomic E-state index is 12.8. The van der Waals surface area contributed by atoms with Gasteiger partial charge in [-0.15, -0.1) is 18.3 Å². The van der Waals surface area contributed by atoms with Crippen LogP contribution < -0.4 is 9.64 Å². The summed E-state index contributed by atoms with van der Waals surface area (Å²) in [6.07, 6.45) is -2.03. The van der Waals surface area contributed by atoms with Gasteiger partial charge in [-0.1, -0.05) is 65.9 Å². The molecule has 216 valence electrons. The van der Waals surface area contributed by atoms with Crippen molar-refractivity contribution >= 4 is 45.7 Å². The molecule has 12 heteroatoms. The van der Waals surface area contributed by atoms with Gasteiger partial charge >= 0.3 is 6.36 Å². The SMILES string of the molecule is Cc1cc(C)c(N2C(=O)CSC2=NC(=S)CCc2ccc(-c3ncn(-c4ccc(OC(F)(F)F)cc4)n3)cc2)c(C)c1. The zero-order valence-electron chi connectivity index (χ0n) is 23.0. The molecule has 1 saturated heterocycles. The van der Waals surface area contributed by atoms with Gasteiger partial charge in [0.1, 0.15) is 17.1 Å². The molecule has 7 nitrogen and oxygen atoms in total. The Morgan fingerprint density at radius 1 is 1.05 bits per heavy atom. The average Bonchev–Trinajstić information content (AvgIpc) is 3.55. The molecule has 1 aromatic heterocycles. The second kappa shape index (κ2) is 12.1. The summed E-state index contributed by atoms with van der Waals surface area (Å²) < 4.78 is 42.6. The molecular weight excluding hydrogens is 583 g/mol. The molecule has 42 heavy (non-hydrogen) atoms. The van der Waals surface area contributed by atoms with E-state index in [1.165, 1.54) is 47.0 Å². The van der Waals surface area contributed by atoms with Crippen LogP contribution in [0.25, 0.3) is 17.1 Å². The topological polar surface area (TPSA) is 72.6 Å². The van der Waals surface area contributed by atoms with Gasteiger partial charge in [-0.25, -0.2) is 14.7 Å². The van der Waals surface area contributed by atoms with Crippen molar-refractivity contribution in [3.8, 4) is 22.8 Å². The van der Waals surface area contributed by atoms with Crippen LogP contribution in [0.15, 0.2) is 72.0 Å². The van der Waals surface area contributed by atoms with E-state index < -0.39 is 6.36 Å². The Hall–Kier alpha value is -4.03. The lowest BCUT2D eigenvalue weighted by Crippen LogP contribution is -2.31. The number of amidine groups is 1. The van der Waals surface area contributed by atoms with Gasteiger partial charge in [0.2, 0.25) is 5.91 Å². The molecule has 0 radical (unpaired) electrons. The van der Waals surface area contributed by atoms with E-state index in [9.17, 15) is 18.0 Å². The van der Waals surface area contributed by atoms with Crippen LogP contribution in [0.1, 0.15) is 28.7 Å². The lowest BCUT2D eigenvalue weighted by molar-refractivity contribution is -0.274. The number of carbonyl (C=O) groups is 1. The number of halogens is 3. The molecule has 4 aromatic rings. The minimum atomic E-state index is -4.75. The molecule has 0 spiro atoms. The fourth-order valence-electron chi connectivity index (χ4n) is 4.74. The molecule has 0 atom stereocenters. The molecule has 2 heterocycles. The summed E-state index contributed by atoms with van der Waals surface area (Å²) in [5.41, 5.74) is 6.45. The number of ether oxygens (including phenoxy) is 1. The van der Waals surface area contributed by atoms with Crippen molar-refractivity contribution in [3.05, 3.63) is 89.2 Å². The molecular formula is C30H26F3N5O2S2. The molecule has 1 fully saturated rings. The Bertz CT molecular complexity index is 1640. The monoisotopic (exact) mass is 609 g/mol. The van der Waals surface area contributed by atoms with Crippen molar-refractivity contribution in [2.75, 3.05) is 10.7 Å². The minimum absolute atomic E-state index is 0.00396. The highest BCUT2D eigenvalue weighted by Gasteiger charge is 2.32. The molecule has 0 unspecified atom stereocenters. The molecule has 1 aliphatic rings. The number of anilines is 1. The smallest absolute Gasteiger partial charge is 0.406 e. The van der Waals surface area contributed by atoms with Crippen molar-refractivity contribution in [2.24, 2.45) is 4.99 Å². The van der Waals surface area contributed by atoms with Gasteiger partial charge in [-0.05, 0) is 68.1 Å². The van der Waals surface area contributed by atoms with Crippen LogP contribution in [-0.4, -0.2) is 42.9 Å². The Balaban J connectivity index is 1.21. The van der Waals surface area contributed by atoms with Crippen molar-refractivity contribution < 1.29 is 22.7 Å². The van der Waals surface area contributed by atoms with E-state index in [0.717, 1.165) is 33.5 Å². The molecule has 5 rings (SSSR count). The zero-order valence-corrected chi connectivity index (χ0v) is 24.6. The van der Waals surface area contributed by atoms with Crippen molar-refractivity contribution in [2.45, 2.75) is 40.0 Å². The van der Waals surface area contributed by atoms with Crippen molar-refractivity contribution in [1.82, 2.24) is 14.8 Å². The number of alkyl halides is 3. The number of thiocarbonyl (C=S) groups is 1. The lowest BCUT2D eigenvalue weighted by atomic mass is 10.0. The number of hydrogen-bond donors (Lipinski definition) is 0. The predicted molar refractivity (Wildman–Crippen MR) is 162 cm³/mol. The number of thioether (sulfide) groups is 1. The summed E-state index contributed by atoms with van der Waals surface area (Å²) >= 11 is 6.98. The van der Waals surface area contributed by atoms with Crippen molar-refractivity contribution in [3.63, 3.8) is 0 Å². The number of aromatic nitrogens is 3. The van der Waals surface area contributed by atoms with Crippen LogP contribution in [0.3, 0.4) is 0 Å². The molecule has 3 aromatic carbocycles. The summed E-state index contributed by atoms with van der Waals surface area (Å²) in [5.74, 6) is 0.494. The summed E-state index contributed by atoms with van der Waals surface area (Å²) in [7, 11) is 0. The first-order valence-corrected chi connectivity index (χ1v) is 14.4. The van der Waals surface area contributed by atoms with Crippen LogP contribution >= 0.6 is 24.0 Å². The van der Waals surface area contributed by atoms with Crippen LogP contribution in [0.4, 0.5) is 18.9 Å². The van der Waals surface area contributed by atoms with E-state index in [1.54, 1.807) is 4.90 Å². The van der Waals surface area contributed by atoms with E-state index in [0.29, 0.717) is 40.3 Å². The van der Waals surface area contributed by atoms with Gasteiger partial charge in [-0.3, -0.25) is 9.69 Å². The number of benzene rings is 3. The molecule has 1 aliphatic heterocycles. The van der Waals surface area contributed by atoms with E-state index in [2.05, 4.69) is 31.9 Å². The second-order valence-corrected chi connectivity index (χ2v) is 11.2. The van der Waals surface area contributed by atoms with Gasteiger partial charge in [0, 0.05) is 12.0 Å². The Morgan fingerprint density at radius 3 is 2.36 bits per heavy atom. The quantitative estimate of drug-likeness (QED) is 0.207. The lowest BCUT2D eigenvalue weighted by Gasteiger charge is -2.21. The largest absolute Gasteiger partial charge is 0.573 e. The first-order valence-electron chi connectivity index (χ1n) is 13.0. The number of aryl methyl sites for hydroxylation is 4. The van der Waals surface area contributed by atoms with Gasteiger partial charge in [0.25, 0.3) is 0 Å². The summed E-state index contributed by atoms with van der Waals surface area (Å²) in [4.78, 5) is 23.9. The molecule has 0 bridgehead atoms. The van der Waals surface area contributed by atoms with Gasteiger partial charge in [0.15, 0.2) is 11.0 Å². The van der Waals surface area contributed by atoms with E-state index in [4.69, 9.17) is 12.2 Å². The highest BCUT2D eigenvalue weighted by Crippen LogP contribution is 2.33. The first-order chi connectivity index (χ1) is 20.0. The first kappa shape index (κ1) is 29.5. The predicted octanol–water partition coefficient (Wildman–Crippen LogP) is 7.15. The van der Waals surface area contributed by atoms with E-state index >= 15 is 0 Å². The van der Waals surface area contributed by atoms with Gasteiger partial charge < -0.3 is 4.74 Å². The molecule has 1 amide bonds. The maximum Gasteiger partial charge on any atom is 0.573 e. The summed E-state index contributed by atoms with van der Waals surface area (Å²) in [6.45, 7) is 6.03. The van der Waals surface area contributed by atoms with Crippen LogP contribution in [0.5, 0.6) is 5.75 Å². The molecule has 0 saturated carbocycles. The van der Waals surface area contributed by atoms with Gasteiger partial charge in [0.05, 0.1) is 17.1 Å². The van der Waals surface area contributed by atoms with Crippen molar-refractivity contribution in [1.29, 1.82) is 0 Å². The van der Waals surface area contributed by atoms with Crippen LogP contribution in [-0.2, 0) is 11.2 Å². The number of rotatable bonds is 7. The summed E-state index contributed by atoms with van der Waals surface area (Å²) in [5, 5.41) is 5.05. The Labute approximate surface area is 250 Å². The maximum absolute atomic E-state index is 12.8. The standard InChI is InChI=1S/C30H26F3N5O2S2/c1-18-14-19(2)27(20(3)15-18)38-26(39)16-42-29(38)35-25(41)13-6-21-4-7-22(8-5-21)28-34-17-37(36-28)23-9-11-24(12-10-23)40-30(31,32)33/h4-5,7-12,14-15,17H,6,13,16H2,1-3H3. The third-order valence-corrected chi connectivity index (χ3v) is 7.73. The number of amides is 1. The third kappa shape index (κ3) is 6.88. The second-order valence-electron chi connectivity index (χ2n) is 9.80. The highest BCUT2D eigenvalue weighted by molar-refractivity contribution is 8.15. The fourth-order valence-corrected chi connectivity index (χ4v) is 5.87. The van der Waals surface area contributed by atoms with E-state index in [-0.39, 0.29) is 11.7 Å². The molecule has 0 aliphatic carbocycles. The van der Waals surface area contributed by atoms with Gasteiger partial charge in [-0.2, -0.15) is 0 Å². The highest BCUT2D eigenvalue weighted by atomic mass is 32.2. The fraction of sp³-hybridized carbons (Fsp3) is 0.233. The Morgan fingerprint density at radius 2 is 1.71 bits per heavy atom. The zero-order chi connectivity index (χ0) is 30.0. The van der Waals surface area contributed by atoms with Crippen LogP contribution in [0, 0.1) is 20.8 Å². The minimum Gasteiger partial charge on any atom is -0.406 e. The Kier molecular flexibility index (Phi) is 8.46. The number of nitrogens with zero attached hydrogens (tertiary/aromatic N) is 5. The number of carbonyl (C=O) groups excluding carboxylic acids is 1. The summed E-state index contributed by atoms with van der Waals surface area (Å²) in [6, 6.07) is 17.2. The van der Waals surface area contributed by atoms with E-state index in [1.807, 2.05) is 45.0 Å². The third-order valence-electron chi connectivity index (χ3n) is 6.51.